The molecule has 0 atom stereocenters. The van der Waals surface area contributed by atoms with Crippen molar-refractivity contribution < 1.29 is 5.11 Å². The SMILES string of the molecule is [C-]#[N+]c1cncc(C(C)(C)O)c1. The average molecular weight is 162 g/mol. The third kappa shape index (κ3) is 1.80. The van der Waals surface area contributed by atoms with Gasteiger partial charge in [0.25, 0.3) is 0 Å². The van der Waals surface area contributed by atoms with Gasteiger partial charge in [0.1, 0.15) is 0 Å². The highest BCUT2D eigenvalue weighted by atomic mass is 16.3. The molecule has 0 aliphatic heterocycles. The van der Waals surface area contributed by atoms with Crippen LogP contribution < -0.4 is 0 Å². The maximum atomic E-state index is 9.57. The second-order valence-corrected chi connectivity index (χ2v) is 3.10. The van der Waals surface area contributed by atoms with Crippen LogP contribution in [0.2, 0.25) is 0 Å². The highest BCUT2D eigenvalue weighted by Gasteiger charge is 2.15. The van der Waals surface area contributed by atoms with E-state index in [9.17, 15) is 5.11 Å². The minimum atomic E-state index is -0.923. The van der Waals surface area contributed by atoms with Crippen LogP contribution in [0, 0.1) is 6.57 Å². The lowest BCUT2D eigenvalue weighted by molar-refractivity contribution is 0.0783. The molecule has 0 amide bonds. The van der Waals surface area contributed by atoms with Crippen molar-refractivity contribution in [1.82, 2.24) is 4.98 Å². The third-order valence-corrected chi connectivity index (χ3v) is 1.56. The number of hydrogen-bond donors (Lipinski definition) is 1. The molecule has 0 fully saturated rings. The van der Waals surface area contributed by atoms with E-state index in [1.165, 1.54) is 6.20 Å². The minimum absolute atomic E-state index is 0.453. The molecule has 0 bridgehead atoms. The summed E-state index contributed by atoms with van der Waals surface area (Å²) in [6.45, 7) is 10.1. The molecule has 0 spiro atoms. The molecule has 1 aromatic rings. The molecule has 3 heteroatoms. The fraction of sp³-hybridized carbons (Fsp3) is 0.333. The predicted molar refractivity (Wildman–Crippen MR) is 45.7 cm³/mol. The van der Waals surface area contributed by atoms with Crippen LogP contribution in [0.4, 0.5) is 5.69 Å². The second-order valence-electron chi connectivity index (χ2n) is 3.10. The van der Waals surface area contributed by atoms with Gasteiger partial charge in [0, 0.05) is 12.4 Å². The number of pyridine rings is 1. The van der Waals surface area contributed by atoms with Crippen LogP contribution in [0.15, 0.2) is 18.5 Å². The van der Waals surface area contributed by atoms with E-state index in [0.717, 1.165) is 0 Å². The molecular formula is C9H10N2O. The molecule has 3 nitrogen and oxygen atoms in total. The lowest BCUT2D eigenvalue weighted by Gasteiger charge is -2.16. The van der Waals surface area contributed by atoms with Gasteiger partial charge in [-0.05, 0) is 25.5 Å². The first-order chi connectivity index (χ1) is 5.54. The molecule has 0 unspecified atom stereocenters. The largest absolute Gasteiger partial charge is 0.386 e. The van der Waals surface area contributed by atoms with Crippen molar-refractivity contribution >= 4 is 5.69 Å². The summed E-state index contributed by atoms with van der Waals surface area (Å²) in [5.41, 5.74) is 0.193. The van der Waals surface area contributed by atoms with Crippen LogP contribution >= 0.6 is 0 Å². The number of hydrogen-bond acceptors (Lipinski definition) is 2. The zero-order valence-electron chi connectivity index (χ0n) is 7.07. The van der Waals surface area contributed by atoms with E-state index in [0.29, 0.717) is 11.3 Å². The highest BCUT2D eigenvalue weighted by Crippen LogP contribution is 2.22. The normalized spacial score (nSPS) is 10.8. The molecule has 62 valence electrons. The first-order valence-corrected chi connectivity index (χ1v) is 3.59. The summed E-state index contributed by atoms with van der Waals surface area (Å²) in [6.07, 6.45) is 3.04. The van der Waals surface area contributed by atoms with Crippen molar-refractivity contribution in [3.63, 3.8) is 0 Å². The monoisotopic (exact) mass is 162 g/mol. The Bertz CT molecular complexity index is 320. The van der Waals surface area contributed by atoms with E-state index in [-0.39, 0.29) is 0 Å². The topological polar surface area (TPSA) is 37.5 Å². The fourth-order valence-corrected chi connectivity index (χ4v) is 0.824. The maximum Gasteiger partial charge on any atom is 0.205 e. The van der Waals surface area contributed by atoms with E-state index in [1.54, 1.807) is 26.1 Å². The molecule has 0 saturated carbocycles. The Morgan fingerprint density at radius 2 is 2.17 bits per heavy atom. The van der Waals surface area contributed by atoms with Crippen molar-refractivity contribution in [2.24, 2.45) is 0 Å². The van der Waals surface area contributed by atoms with Gasteiger partial charge >= 0.3 is 0 Å². The molecule has 0 radical (unpaired) electrons. The number of rotatable bonds is 1. The van der Waals surface area contributed by atoms with E-state index in [4.69, 9.17) is 6.57 Å². The second kappa shape index (κ2) is 2.92. The summed E-state index contributed by atoms with van der Waals surface area (Å²) >= 11 is 0. The summed E-state index contributed by atoms with van der Waals surface area (Å²) in [5.74, 6) is 0. The van der Waals surface area contributed by atoms with Crippen molar-refractivity contribution in [2.75, 3.05) is 0 Å². The molecule has 1 heterocycles. The minimum Gasteiger partial charge on any atom is -0.386 e. The Morgan fingerprint density at radius 1 is 1.50 bits per heavy atom. The lowest BCUT2D eigenvalue weighted by atomic mass is 10.0. The predicted octanol–water partition coefficient (Wildman–Crippen LogP) is 1.86. The van der Waals surface area contributed by atoms with Gasteiger partial charge in [-0.2, -0.15) is 0 Å². The Labute approximate surface area is 71.5 Å². The van der Waals surface area contributed by atoms with Gasteiger partial charge in [-0.15, -0.1) is 0 Å². The van der Waals surface area contributed by atoms with Crippen molar-refractivity contribution in [3.05, 3.63) is 35.4 Å². The zero-order chi connectivity index (χ0) is 9.19. The maximum absolute atomic E-state index is 9.57. The number of nitrogens with zero attached hydrogens (tertiary/aromatic N) is 2. The van der Waals surface area contributed by atoms with Gasteiger partial charge < -0.3 is 5.11 Å². The first-order valence-electron chi connectivity index (χ1n) is 3.59. The fourth-order valence-electron chi connectivity index (χ4n) is 0.824. The summed E-state index contributed by atoms with van der Waals surface area (Å²) in [7, 11) is 0. The molecule has 0 aromatic carbocycles. The van der Waals surface area contributed by atoms with E-state index < -0.39 is 5.60 Å². The van der Waals surface area contributed by atoms with Crippen LogP contribution in [0.25, 0.3) is 4.85 Å². The van der Waals surface area contributed by atoms with E-state index in [2.05, 4.69) is 9.83 Å². The van der Waals surface area contributed by atoms with Crippen molar-refractivity contribution in [2.45, 2.75) is 19.4 Å². The third-order valence-electron chi connectivity index (χ3n) is 1.56. The summed E-state index contributed by atoms with van der Waals surface area (Å²) in [5, 5.41) is 9.57. The highest BCUT2D eigenvalue weighted by molar-refractivity contribution is 5.44. The van der Waals surface area contributed by atoms with Gasteiger partial charge in [0.05, 0.1) is 12.2 Å². The molecule has 1 N–H and O–H groups in total. The van der Waals surface area contributed by atoms with Crippen LogP contribution in [-0.2, 0) is 5.60 Å². The number of aromatic nitrogens is 1. The van der Waals surface area contributed by atoms with Gasteiger partial charge in [-0.25, -0.2) is 4.85 Å². The Hall–Kier alpha value is -1.40. The Kier molecular flexibility index (Phi) is 2.11. The number of aliphatic hydroxyl groups is 1. The first kappa shape index (κ1) is 8.69. The van der Waals surface area contributed by atoms with E-state index in [1.807, 2.05) is 0 Å². The van der Waals surface area contributed by atoms with Crippen molar-refractivity contribution in [1.29, 1.82) is 0 Å². The molecule has 0 aliphatic carbocycles. The smallest absolute Gasteiger partial charge is 0.205 e. The van der Waals surface area contributed by atoms with Crippen LogP contribution in [0.3, 0.4) is 0 Å². The molecule has 12 heavy (non-hydrogen) atoms. The Balaban J connectivity index is 3.13. The molecule has 0 saturated heterocycles. The zero-order valence-corrected chi connectivity index (χ0v) is 7.07. The quantitative estimate of drug-likeness (QED) is 0.640. The van der Waals surface area contributed by atoms with Gasteiger partial charge in [0.2, 0.25) is 5.69 Å². The summed E-state index contributed by atoms with van der Waals surface area (Å²) in [4.78, 5) is 7.07. The van der Waals surface area contributed by atoms with Crippen LogP contribution in [0.5, 0.6) is 0 Å². The lowest BCUT2D eigenvalue weighted by Crippen LogP contribution is -2.15. The average Bonchev–Trinajstić information content (AvgIpc) is 2.03. The molecule has 1 rings (SSSR count). The molecular weight excluding hydrogens is 152 g/mol. The summed E-state index contributed by atoms with van der Waals surface area (Å²) < 4.78 is 0. The van der Waals surface area contributed by atoms with Gasteiger partial charge in [-0.1, -0.05) is 0 Å². The molecule has 0 aliphatic rings. The van der Waals surface area contributed by atoms with Crippen LogP contribution in [-0.4, -0.2) is 10.1 Å². The summed E-state index contributed by atoms with van der Waals surface area (Å²) in [6, 6.07) is 1.64. The van der Waals surface area contributed by atoms with E-state index >= 15 is 0 Å². The Morgan fingerprint density at radius 3 is 2.67 bits per heavy atom. The molecule has 1 aromatic heterocycles. The van der Waals surface area contributed by atoms with Gasteiger partial charge in [0.15, 0.2) is 0 Å². The van der Waals surface area contributed by atoms with Crippen molar-refractivity contribution in [3.8, 4) is 0 Å². The van der Waals surface area contributed by atoms with Crippen LogP contribution in [0.1, 0.15) is 19.4 Å². The standard InChI is InChI=1S/C9H10N2O/c1-9(2,12)7-4-8(10-3)6-11-5-7/h4-6,12H,1-2H3. The van der Waals surface area contributed by atoms with Gasteiger partial charge in [-0.3, -0.25) is 4.98 Å².